The summed E-state index contributed by atoms with van der Waals surface area (Å²) in [5.41, 5.74) is 1.74. The number of fused-ring (bicyclic) bond motifs is 1. The van der Waals surface area contributed by atoms with E-state index in [0.717, 1.165) is 6.54 Å². The molecule has 4 rings (SSSR count). The van der Waals surface area contributed by atoms with Gasteiger partial charge >= 0.3 is 0 Å². The van der Waals surface area contributed by atoms with E-state index >= 15 is 0 Å². The number of hydrogen-bond acceptors (Lipinski definition) is 4. The normalized spacial score (nSPS) is 25.4. The van der Waals surface area contributed by atoms with Gasteiger partial charge < -0.3 is 14.8 Å². The Labute approximate surface area is 146 Å². The van der Waals surface area contributed by atoms with Crippen LogP contribution in [-0.2, 0) is 9.84 Å². The third kappa shape index (κ3) is 2.87. The highest BCUT2D eigenvalue weighted by Crippen LogP contribution is 2.39. The van der Waals surface area contributed by atoms with E-state index in [0.29, 0.717) is 29.9 Å². The van der Waals surface area contributed by atoms with Gasteiger partial charge in [0.25, 0.3) is 0 Å². The van der Waals surface area contributed by atoms with E-state index in [1.165, 1.54) is 5.41 Å². The number of piperidine rings is 1. The Morgan fingerprint density at radius 3 is 2.68 bits per heavy atom. The molecule has 5 nitrogen and oxygen atoms in total. The zero-order valence-corrected chi connectivity index (χ0v) is 14.7. The van der Waals surface area contributed by atoms with Crippen molar-refractivity contribution >= 4 is 21.2 Å². The second-order valence-corrected chi connectivity index (χ2v) is 8.37. The molecule has 2 aliphatic rings. The Morgan fingerprint density at radius 2 is 1.96 bits per heavy atom. The summed E-state index contributed by atoms with van der Waals surface area (Å²) < 4.78 is 41.6. The highest BCUT2D eigenvalue weighted by atomic mass is 32.2. The number of benzene rings is 1. The molecule has 1 aromatic carbocycles. The highest BCUT2D eigenvalue weighted by Gasteiger charge is 2.33. The number of sulfone groups is 1. The lowest BCUT2D eigenvalue weighted by atomic mass is 10.0. The van der Waals surface area contributed by atoms with Gasteiger partial charge in [0.2, 0.25) is 9.84 Å². The van der Waals surface area contributed by atoms with Crippen molar-refractivity contribution < 1.29 is 12.8 Å². The smallest absolute Gasteiger partial charge is 0.204 e. The van der Waals surface area contributed by atoms with Gasteiger partial charge in [0, 0.05) is 31.0 Å². The molecule has 0 bridgehead atoms. The predicted octanol–water partition coefficient (Wildman–Crippen LogP) is 2.58. The van der Waals surface area contributed by atoms with Crippen LogP contribution in [0.2, 0.25) is 0 Å². The first-order valence-electron chi connectivity index (χ1n) is 8.28. The molecule has 3 heterocycles. The lowest BCUT2D eigenvalue weighted by molar-refractivity contribution is 0.149. The first kappa shape index (κ1) is 16.4. The second-order valence-electron chi connectivity index (χ2n) is 6.64. The van der Waals surface area contributed by atoms with Crippen molar-refractivity contribution in [2.75, 3.05) is 25.5 Å². The first-order chi connectivity index (χ1) is 12.0. The second kappa shape index (κ2) is 6.00. The molecule has 0 unspecified atom stereocenters. The molecule has 1 aromatic heterocycles. The van der Waals surface area contributed by atoms with Gasteiger partial charge in [0.15, 0.2) is 0 Å². The largest absolute Gasteiger partial charge is 0.378 e. The summed E-state index contributed by atoms with van der Waals surface area (Å²) >= 11 is 0. The lowest BCUT2D eigenvalue weighted by Gasteiger charge is -2.33. The quantitative estimate of drug-likeness (QED) is 0.913. The molecule has 1 fully saturated rings. The molecule has 1 N–H and O–H groups in total. The molecule has 0 aliphatic carbocycles. The summed E-state index contributed by atoms with van der Waals surface area (Å²) in [5, 5.41) is 4.43. The molecule has 132 valence electrons. The molecule has 25 heavy (non-hydrogen) atoms. The molecular formula is C18H20FN3O2S. The van der Waals surface area contributed by atoms with E-state index in [1.54, 1.807) is 16.7 Å². The van der Waals surface area contributed by atoms with Crippen LogP contribution in [0.1, 0.15) is 12.0 Å². The number of aromatic nitrogens is 1. The predicted molar refractivity (Wildman–Crippen MR) is 95.9 cm³/mol. The Kier molecular flexibility index (Phi) is 3.92. The van der Waals surface area contributed by atoms with Crippen LogP contribution in [0.25, 0.3) is 5.70 Å². The summed E-state index contributed by atoms with van der Waals surface area (Å²) in [7, 11) is -1.68. The first-order valence-corrected chi connectivity index (χ1v) is 9.83. The standard InChI is InChI=1S/C18H20FN3O2S/c1-21-10-7-15(14(19)11-21)20-16-6-4-5-13-17(22-8-2-3-9-22)12-25(23,24)18(13)16/h2-6,8-9,12,14-15,20H,7,10-11H2,1H3/t14-,15-/m0/s1. The van der Waals surface area contributed by atoms with Gasteiger partial charge in [-0.25, -0.2) is 12.8 Å². The monoisotopic (exact) mass is 361 g/mol. The van der Waals surface area contributed by atoms with E-state index < -0.39 is 16.0 Å². The topological polar surface area (TPSA) is 54.3 Å². The fourth-order valence-electron chi connectivity index (χ4n) is 3.54. The zero-order valence-electron chi connectivity index (χ0n) is 13.9. The third-order valence-corrected chi connectivity index (χ3v) is 6.35. The molecule has 2 aromatic rings. The van der Waals surface area contributed by atoms with E-state index in [4.69, 9.17) is 0 Å². The lowest BCUT2D eigenvalue weighted by Crippen LogP contribution is -2.46. The average molecular weight is 361 g/mol. The fourth-order valence-corrected chi connectivity index (χ4v) is 5.12. The van der Waals surface area contributed by atoms with Crippen LogP contribution in [0.15, 0.2) is 53.0 Å². The van der Waals surface area contributed by atoms with Crippen LogP contribution in [0, 0.1) is 0 Å². The minimum Gasteiger partial charge on any atom is -0.378 e. The van der Waals surface area contributed by atoms with Crippen molar-refractivity contribution in [3.05, 3.63) is 53.7 Å². The van der Waals surface area contributed by atoms with Gasteiger partial charge in [-0.3, -0.25) is 0 Å². The molecule has 0 amide bonds. The molecule has 0 radical (unpaired) electrons. The van der Waals surface area contributed by atoms with Crippen molar-refractivity contribution in [3.63, 3.8) is 0 Å². The summed E-state index contributed by atoms with van der Waals surface area (Å²) in [6.07, 6.45) is 3.23. The highest BCUT2D eigenvalue weighted by molar-refractivity contribution is 7.95. The third-order valence-electron chi connectivity index (χ3n) is 4.81. The van der Waals surface area contributed by atoms with E-state index in [1.807, 2.05) is 42.5 Å². The minimum atomic E-state index is -3.57. The Morgan fingerprint density at radius 1 is 1.20 bits per heavy atom. The molecule has 0 spiro atoms. The van der Waals surface area contributed by atoms with Gasteiger partial charge in [0.1, 0.15) is 11.1 Å². The van der Waals surface area contributed by atoms with Crippen LogP contribution in [0.3, 0.4) is 0 Å². The maximum atomic E-state index is 14.4. The van der Waals surface area contributed by atoms with Crippen LogP contribution < -0.4 is 5.32 Å². The van der Waals surface area contributed by atoms with Crippen molar-refractivity contribution in [1.29, 1.82) is 0 Å². The van der Waals surface area contributed by atoms with Crippen LogP contribution >= 0.6 is 0 Å². The average Bonchev–Trinajstić information content (AvgIpc) is 3.17. The van der Waals surface area contributed by atoms with Gasteiger partial charge in [-0.05, 0) is 31.7 Å². The fraction of sp³-hybridized carbons (Fsp3) is 0.333. The van der Waals surface area contributed by atoms with E-state index in [-0.39, 0.29) is 10.9 Å². The van der Waals surface area contributed by atoms with E-state index in [2.05, 4.69) is 5.32 Å². The van der Waals surface area contributed by atoms with Crippen molar-refractivity contribution in [1.82, 2.24) is 9.47 Å². The number of alkyl halides is 1. The van der Waals surface area contributed by atoms with E-state index in [9.17, 15) is 12.8 Å². The molecular weight excluding hydrogens is 341 g/mol. The number of likely N-dealkylation sites (tertiary alicyclic amines) is 1. The van der Waals surface area contributed by atoms with Gasteiger partial charge in [-0.1, -0.05) is 12.1 Å². The number of nitrogens with one attached hydrogen (secondary N) is 1. The number of anilines is 1. The van der Waals surface area contributed by atoms with Gasteiger partial charge in [0.05, 0.1) is 22.8 Å². The molecule has 1 saturated heterocycles. The number of nitrogens with zero attached hydrogens (tertiary/aromatic N) is 2. The maximum absolute atomic E-state index is 14.4. The number of rotatable bonds is 3. The molecule has 0 saturated carbocycles. The van der Waals surface area contributed by atoms with Crippen molar-refractivity contribution in [2.24, 2.45) is 0 Å². The Hall–Kier alpha value is -2.12. The van der Waals surface area contributed by atoms with Crippen LogP contribution in [0.4, 0.5) is 10.1 Å². The number of hydrogen-bond donors (Lipinski definition) is 1. The van der Waals surface area contributed by atoms with Gasteiger partial charge in [-0.2, -0.15) is 0 Å². The summed E-state index contributed by atoms with van der Waals surface area (Å²) in [4.78, 5) is 2.19. The zero-order chi connectivity index (χ0) is 17.6. The summed E-state index contributed by atoms with van der Waals surface area (Å²) in [6.45, 7) is 1.14. The SMILES string of the molecule is CN1CC[C@H](Nc2cccc3c2S(=O)(=O)C=C3n2cccc2)[C@@H](F)C1. The number of halogens is 1. The minimum absolute atomic E-state index is 0.241. The Balaban J connectivity index is 1.72. The maximum Gasteiger partial charge on any atom is 0.204 e. The molecule has 7 heteroatoms. The summed E-state index contributed by atoms with van der Waals surface area (Å²) in [6, 6.07) is 8.63. The Bertz CT molecular complexity index is 922. The van der Waals surface area contributed by atoms with Crippen molar-refractivity contribution in [3.8, 4) is 0 Å². The molecule has 2 aliphatic heterocycles. The summed E-state index contributed by atoms with van der Waals surface area (Å²) in [5.74, 6) is 0. The molecule has 2 atom stereocenters. The van der Waals surface area contributed by atoms with Crippen molar-refractivity contribution in [2.45, 2.75) is 23.5 Å². The van der Waals surface area contributed by atoms with Crippen LogP contribution in [-0.4, -0.2) is 50.2 Å². The van der Waals surface area contributed by atoms with Gasteiger partial charge in [-0.15, -0.1) is 0 Å². The van der Waals surface area contributed by atoms with Crippen LogP contribution in [0.5, 0.6) is 0 Å².